The van der Waals surface area contributed by atoms with Crippen molar-refractivity contribution >= 4 is 18.0 Å². The third-order valence-corrected chi connectivity index (χ3v) is 4.66. The quantitative estimate of drug-likeness (QED) is 0.717. The molecule has 0 saturated carbocycles. The predicted molar refractivity (Wildman–Crippen MR) is 80.3 cm³/mol. The van der Waals surface area contributed by atoms with Gasteiger partial charge in [0.15, 0.2) is 0 Å². The molecule has 2 aliphatic heterocycles. The van der Waals surface area contributed by atoms with Gasteiger partial charge in [-0.1, -0.05) is 0 Å². The van der Waals surface area contributed by atoms with Crippen LogP contribution < -0.4 is 16.0 Å². The van der Waals surface area contributed by atoms with Gasteiger partial charge in [0.2, 0.25) is 0 Å². The van der Waals surface area contributed by atoms with E-state index in [-0.39, 0.29) is 17.9 Å². The zero-order valence-electron chi connectivity index (χ0n) is 12.9. The summed E-state index contributed by atoms with van der Waals surface area (Å²) in [5.41, 5.74) is -0.881. The molecule has 0 radical (unpaired) electrons. The maximum Gasteiger partial charge on any atom is 0.322 e. The Morgan fingerprint density at radius 1 is 1.43 bits per heavy atom. The zero-order valence-corrected chi connectivity index (χ0v) is 12.9. The van der Waals surface area contributed by atoms with Crippen LogP contribution in [0.4, 0.5) is 9.59 Å². The third-order valence-electron chi connectivity index (χ3n) is 4.66. The van der Waals surface area contributed by atoms with Gasteiger partial charge >= 0.3 is 12.1 Å². The molecule has 124 valence electrons. The molecular weight excluding hydrogens is 300 g/mol. The van der Waals surface area contributed by atoms with Crippen molar-refractivity contribution in [3.8, 4) is 0 Å². The normalized spacial score (nSPS) is 25.2. The number of urea groups is 2. The number of rotatable bonds is 3. The third kappa shape index (κ3) is 3.01. The molecule has 2 aliphatic rings. The number of piperidine rings is 1. The van der Waals surface area contributed by atoms with E-state index in [0.717, 1.165) is 0 Å². The lowest BCUT2D eigenvalue weighted by molar-refractivity contribution is -0.125. The summed E-state index contributed by atoms with van der Waals surface area (Å²) in [6.07, 6.45) is 2.89. The Hall–Kier alpha value is -2.51. The van der Waals surface area contributed by atoms with Crippen molar-refractivity contribution in [2.45, 2.75) is 31.8 Å². The van der Waals surface area contributed by atoms with E-state index >= 15 is 0 Å². The summed E-state index contributed by atoms with van der Waals surface area (Å²) in [5.74, 6) is 0.428. The van der Waals surface area contributed by atoms with Crippen LogP contribution in [-0.4, -0.2) is 41.5 Å². The lowest BCUT2D eigenvalue weighted by Crippen LogP contribution is -2.55. The molecule has 0 aliphatic carbocycles. The van der Waals surface area contributed by atoms with E-state index in [1.54, 1.807) is 30.2 Å². The lowest BCUT2D eigenvalue weighted by atomic mass is 9.79. The van der Waals surface area contributed by atoms with Crippen LogP contribution in [0, 0.1) is 5.92 Å². The van der Waals surface area contributed by atoms with Gasteiger partial charge in [-0.25, -0.2) is 9.59 Å². The van der Waals surface area contributed by atoms with Gasteiger partial charge < -0.3 is 20.0 Å². The number of imide groups is 1. The van der Waals surface area contributed by atoms with Crippen molar-refractivity contribution in [1.82, 2.24) is 20.9 Å². The summed E-state index contributed by atoms with van der Waals surface area (Å²) >= 11 is 0. The average molecular weight is 320 g/mol. The SMILES string of the molecule is CC1(C2CCN(C(=O)NCc3ccco3)CC2)NC(=O)NC1=O. The first-order chi connectivity index (χ1) is 11.0. The molecule has 0 spiro atoms. The van der Waals surface area contributed by atoms with Gasteiger partial charge in [-0.3, -0.25) is 10.1 Å². The Morgan fingerprint density at radius 2 is 2.17 bits per heavy atom. The van der Waals surface area contributed by atoms with Crippen LogP contribution in [0.5, 0.6) is 0 Å². The minimum Gasteiger partial charge on any atom is -0.467 e. The molecule has 2 saturated heterocycles. The maximum absolute atomic E-state index is 12.1. The summed E-state index contributed by atoms with van der Waals surface area (Å²) < 4.78 is 5.17. The topological polar surface area (TPSA) is 104 Å². The van der Waals surface area contributed by atoms with Crippen molar-refractivity contribution in [1.29, 1.82) is 0 Å². The maximum atomic E-state index is 12.1. The van der Waals surface area contributed by atoms with Gasteiger partial charge in [0.1, 0.15) is 11.3 Å². The molecule has 1 unspecified atom stereocenters. The lowest BCUT2D eigenvalue weighted by Gasteiger charge is -2.38. The monoisotopic (exact) mass is 320 g/mol. The van der Waals surface area contributed by atoms with Crippen LogP contribution in [0.15, 0.2) is 22.8 Å². The second-order valence-corrected chi connectivity index (χ2v) is 6.11. The van der Waals surface area contributed by atoms with E-state index in [4.69, 9.17) is 4.42 Å². The van der Waals surface area contributed by atoms with Crippen molar-refractivity contribution in [3.05, 3.63) is 24.2 Å². The largest absolute Gasteiger partial charge is 0.467 e. The molecule has 3 rings (SSSR count). The van der Waals surface area contributed by atoms with Gasteiger partial charge in [0, 0.05) is 13.1 Å². The second-order valence-electron chi connectivity index (χ2n) is 6.11. The summed E-state index contributed by atoms with van der Waals surface area (Å²) in [7, 11) is 0. The Balaban J connectivity index is 1.51. The van der Waals surface area contributed by atoms with Gasteiger partial charge in [-0.2, -0.15) is 0 Å². The van der Waals surface area contributed by atoms with Crippen molar-refractivity contribution < 1.29 is 18.8 Å². The number of carbonyl (C=O) groups excluding carboxylic acids is 3. The summed E-state index contributed by atoms with van der Waals surface area (Å²) in [4.78, 5) is 37.2. The molecule has 2 fully saturated rings. The number of likely N-dealkylation sites (tertiary alicyclic amines) is 1. The molecule has 1 aromatic rings. The van der Waals surface area contributed by atoms with Crippen LogP contribution in [0.1, 0.15) is 25.5 Å². The van der Waals surface area contributed by atoms with Crippen molar-refractivity contribution in [3.63, 3.8) is 0 Å². The molecule has 1 atom stereocenters. The highest BCUT2D eigenvalue weighted by molar-refractivity contribution is 6.06. The van der Waals surface area contributed by atoms with Crippen LogP contribution in [-0.2, 0) is 11.3 Å². The summed E-state index contributed by atoms with van der Waals surface area (Å²) in [6, 6.07) is 2.98. The first-order valence-electron chi connectivity index (χ1n) is 7.68. The number of amides is 5. The van der Waals surface area contributed by atoms with Gasteiger partial charge in [-0.15, -0.1) is 0 Å². The fourth-order valence-electron chi connectivity index (χ4n) is 3.19. The van der Waals surface area contributed by atoms with E-state index < -0.39 is 11.6 Å². The highest BCUT2D eigenvalue weighted by Crippen LogP contribution is 2.30. The zero-order chi connectivity index (χ0) is 16.4. The van der Waals surface area contributed by atoms with Crippen LogP contribution in [0.3, 0.4) is 0 Å². The number of hydrogen-bond acceptors (Lipinski definition) is 4. The summed E-state index contributed by atoms with van der Waals surface area (Å²) in [5, 5.41) is 7.80. The minimum absolute atomic E-state index is 0.0167. The fourth-order valence-corrected chi connectivity index (χ4v) is 3.19. The summed E-state index contributed by atoms with van der Waals surface area (Å²) in [6.45, 7) is 3.19. The Morgan fingerprint density at radius 3 is 2.74 bits per heavy atom. The first kappa shape index (κ1) is 15.4. The molecule has 3 N–H and O–H groups in total. The number of carbonyl (C=O) groups is 3. The Bertz CT molecular complexity index is 607. The average Bonchev–Trinajstić information content (AvgIpc) is 3.14. The molecule has 3 heterocycles. The first-order valence-corrected chi connectivity index (χ1v) is 7.68. The fraction of sp³-hybridized carbons (Fsp3) is 0.533. The number of nitrogens with one attached hydrogen (secondary N) is 3. The smallest absolute Gasteiger partial charge is 0.322 e. The van der Waals surface area contributed by atoms with Gasteiger partial charge in [0.25, 0.3) is 5.91 Å². The van der Waals surface area contributed by atoms with Crippen molar-refractivity contribution in [2.75, 3.05) is 13.1 Å². The Labute approximate surface area is 133 Å². The van der Waals surface area contributed by atoms with Crippen LogP contribution >= 0.6 is 0 Å². The molecule has 23 heavy (non-hydrogen) atoms. The van der Waals surface area contributed by atoms with Crippen LogP contribution in [0.2, 0.25) is 0 Å². The number of furan rings is 1. The number of hydrogen-bond donors (Lipinski definition) is 3. The molecule has 8 heteroatoms. The van der Waals surface area contributed by atoms with E-state index in [0.29, 0.717) is 38.2 Å². The van der Waals surface area contributed by atoms with E-state index in [9.17, 15) is 14.4 Å². The standard InChI is InChI=1S/C15H20N4O4/c1-15(12(20)17-13(21)18-15)10-4-6-19(7-5-10)14(22)16-9-11-3-2-8-23-11/h2-3,8,10H,4-7,9H2,1H3,(H,16,22)(H2,17,18,20,21). The molecule has 5 amide bonds. The van der Waals surface area contributed by atoms with Crippen molar-refractivity contribution in [2.24, 2.45) is 5.92 Å². The van der Waals surface area contributed by atoms with E-state index in [1.165, 1.54) is 0 Å². The molecule has 0 aromatic carbocycles. The van der Waals surface area contributed by atoms with Gasteiger partial charge in [-0.05, 0) is 37.8 Å². The van der Waals surface area contributed by atoms with E-state index in [1.807, 2.05) is 0 Å². The second kappa shape index (κ2) is 5.94. The minimum atomic E-state index is -0.881. The molecule has 1 aromatic heterocycles. The van der Waals surface area contributed by atoms with E-state index in [2.05, 4.69) is 16.0 Å². The number of nitrogens with zero attached hydrogens (tertiary/aromatic N) is 1. The van der Waals surface area contributed by atoms with Crippen LogP contribution in [0.25, 0.3) is 0 Å². The highest BCUT2D eigenvalue weighted by Gasteiger charge is 2.48. The highest BCUT2D eigenvalue weighted by atomic mass is 16.3. The molecular formula is C15H20N4O4. The Kier molecular flexibility index (Phi) is 3.97. The molecule has 0 bridgehead atoms. The predicted octanol–water partition coefficient (Wildman–Crippen LogP) is 0.799. The van der Waals surface area contributed by atoms with Gasteiger partial charge in [0.05, 0.1) is 12.8 Å². The molecule has 8 nitrogen and oxygen atoms in total.